The minimum atomic E-state index is -1.29. The minimum absolute atomic E-state index is 0.101. The fourth-order valence-electron chi connectivity index (χ4n) is 8.18. The van der Waals surface area contributed by atoms with Gasteiger partial charge in [-0.3, -0.25) is 14.4 Å². The van der Waals surface area contributed by atoms with Gasteiger partial charge in [0, 0.05) is 30.6 Å². The van der Waals surface area contributed by atoms with E-state index in [0.29, 0.717) is 32.1 Å². The number of hydrogen-bond acceptors (Lipinski definition) is 5. The molecular weight excluding hydrogens is 418 g/mol. The summed E-state index contributed by atoms with van der Waals surface area (Å²) in [5.74, 6) is -0.322. The Labute approximate surface area is 197 Å². The number of carbonyl (C=O) groups is 3. The van der Waals surface area contributed by atoms with Crippen molar-refractivity contribution in [1.82, 2.24) is 0 Å². The Morgan fingerprint density at radius 1 is 1.15 bits per heavy atom. The van der Waals surface area contributed by atoms with E-state index in [9.17, 15) is 19.5 Å². The lowest BCUT2D eigenvalue weighted by atomic mass is 9.43. The molecule has 6 nitrogen and oxygen atoms in total. The van der Waals surface area contributed by atoms with Crippen LogP contribution in [0.15, 0.2) is 11.6 Å². The zero-order valence-corrected chi connectivity index (χ0v) is 20.3. The monoisotopic (exact) mass is 456 g/mol. The molecule has 0 amide bonds. The summed E-state index contributed by atoms with van der Waals surface area (Å²) < 4.78 is 6.05. The van der Waals surface area contributed by atoms with Crippen molar-refractivity contribution < 1.29 is 24.2 Å². The Balaban J connectivity index is 1.74. The number of aliphatic hydroxyl groups is 1. The zero-order valence-electron chi connectivity index (χ0n) is 20.3. The smallest absolute Gasteiger partial charge is 0.306 e. The quantitative estimate of drug-likeness (QED) is 0.589. The highest BCUT2D eigenvalue weighted by atomic mass is 16.6. The predicted octanol–water partition coefficient (Wildman–Crippen LogP) is 4.64. The van der Waals surface area contributed by atoms with E-state index < -0.39 is 23.2 Å². The molecule has 4 aliphatic rings. The maximum absolute atomic E-state index is 13.2. The highest BCUT2D eigenvalue weighted by Crippen LogP contribution is 2.71. The second-order valence-electron chi connectivity index (χ2n) is 11.2. The number of rotatable bonds is 6. The van der Waals surface area contributed by atoms with Crippen LogP contribution in [-0.4, -0.2) is 40.4 Å². The number of aliphatic hydroxyl groups excluding tert-OH is 1. The molecular formula is C27H38NO5+. The summed E-state index contributed by atoms with van der Waals surface area (Å²) in [4.78, 5) is 42.7. The summed E-state index contributed by atoms with van der Waals surface area (Å²) in [5, 5.41) is 9.88. The van der Waals surface area contributed by atoms with Crippen molar-refractivity contribution >= 4 is 17.5 Å². The number of ether oxygens (including phenoxy) is 1. The van der Waals surface area contributed by atoms with E-state index in [-0.39, 0.29) is 41.2 Å². The van der Waals surface area contributed by atoms with Crippen LogP contribution in [0.25, 0.3) is 4.85 Å². The molecule has 0 aliphatic heterocycles. The van der Waals surface area contributed by atoms with Crippen LogP contribution in [0.2, 0.25) is 0 Å². The average Bonchev–Trinajstić information content (AvgIpc) is 3.10. The lowest BCUT2D eigenvalue weighted by Gasteiger charge is -2.58. The summed E-state index contributed by atoms with van der Waals surface area (Å²) in [6, 6.07) is 0. The number of nitrogens with zero attached hydrogens (tertiary/aromatic N) is 1. The highest BCUT2D eigenvalue weighted by Gasteiger charge is 2.76. The van der Waals surface area contributed by atoms with Crippen LogP contribution in [0.1, 0.15) is 91.4 Å². The van der Waals surface area contributed by atoms with Gasteiger partial charge < -0.3 is 9.84 Å². The van der Waals surface area contributed by atoms with Gasteiger partial charge in [-0.25, -0.2) is 0 Å². The van der Waals surface area contributed by atoms with Crippen molar-refractivity contribution in [3.05, 3.63) is 16.5 Å². The summed E-state index contributed by atoms with van der Waals surface area (Å²) in [5.41, 5.74) is -1.47. The molecule has 6 heteroatoms. The molecule has 0 unspecified atom stereocenters. The molecule has 0 aromatic rings. The SMILES string of the molecule is C#[N+][C@]12CC[C@@]3(C)[C@@H](CC[C@]3(OC(=O)CCCC)C(=O)CO)[C@@H]1CCC1=CC(=O)CC[C@@]12C. The third-order valence-corrected chi connectivity index (χ3v) is 10.1. The summed E-state index contributed by atoms with van der Waals surface area (Å²) >= 11 is 0. The molecule has 4 aliphatic carbocycles. The van der Waals surface area contributed by atoms with Crippen LogP contribution in [0.4, 0.5) is 0 Å². The molecule has 0 aromatic heterocycles. The number of ketones is 2. The topological polar surface area (TPSA) is 85.0 Å². The molecule has 6 atom stereocenters. The first-order chi connectivity index (χ1) is 15.6. The Morgan fingerprint density at radius 2 is 1.91 bits per heavy atom. The molecule has 3 saturated carbocycles. The van der Waals surface area contributed by atoms with Crippen molar-refractivity contribution in [2.75, 3.05) is 6.61 Å². The molecule has 3 fully saturated rings. The highest BCUT2D eigenvalue weighted by molar-refractivity contribution is 5.92. The van der Waals surface area contributed by atoms with Gasteiger partial charge in [0.25, 0.3) is 12.1 Å². The van der Waals surface area contributed by atoms with Gasteiger partial charge >= 0.3 is 5.97 Å². The maximum atomic E-state index is 13.2. The van der Waals surface area contributed by atoms with Crippen molar-refractivity contribution in [1.29, 1.82) is 0 Å². The van der Waals surface area contributed by atoms with E-state index in [1.54, 1.807) is 0 Å². The van der Waals surface area contributed by atoms with E-state index in [0.717, 1.165) is 37.7 Å². The van der Waals surface area contributed by atoms with Crippen LogP contribution >= 0.6 is 0 Å². The summed E-state index contributed by atoms with van der Waals surface area (Å²) in [6.07, 6.45) is 9.10. The van der Waals surface area contributed by atoms with E-state index in [4.69, 9.17) is 11.3 Å². The normalized spacial score (nSPS) is 41.8. The third-order valence-electron chi connectivity index (χ3n) is 10.1. The van der Waals surface area contributed by atoms with E-state index in [1.807, 2.05) is 13.0 Å². The second kappa shape index (κ2) is 8.34. The number of unbranched alkanes of at least 4 members (excludes halogenated alkanes) is 1. The first-order valence-corrected chi connectivity index (χ1v) is 12.7. The van der Waals surface area contributed by atoms with Crippen LogP contribution in [0.3, 0.4) is 0 Å². The number of carbonyl (C=O) groups excluding carboxylic acids is 3. The third kappa shape index (κ3) is 3.18. The Hall–Kier alpha value is -2.00. The van der Waals surface area contributed by atoms with Crippen molar-refractivity contribution in [2.24, 2.45) is 22.7 Å². The fourth-order valence-corrected chi connectivity index (χ4v) is 8.18. The lowest BCUT2D eigenvalue weighted by molar-refractivity contribution is -0.191. The standard InChI is InChI=1S/C27H38NO5/c1-5-6-7-23(32)33-27(22(31)17-29)13-11-20-21-9-8-18-16-19(30)10-12-24(18,2)26(21,28-4)15-14-25(20,27)3/h4,16,20-21,29H,5-15,17H2,1-3H3/q+1/t20-,21-,24-,25-,26+,27-/m0/s1. The van der Waals surface area contributed by atoms with Gasteiger partial charge in [-0.05, 0) is 63.9 Å². The first kappa shape index (κ1) is 24.1. The number of Topliss-reactive ketones (excluding diaryl/α,β-unsaturated/α-hetero) is 1. The first-order valence-electron chi connectivity index (χ1n) is 12.7. The average molecular weight is 457 g/mol. The molecule has 0 aromatic carbocycles. The van der Waals surface area contributed by atoms with Crippen LogP contribution in [0.5, 0.6) is 0 Å². The predicted molar refractivity (Wildman–Crippen MR) is 125 cm³/mol. The second-order valence-corrected chi connectivity index (χ2v) is 11.2. The molecule has 0 saturated heterocycles. The van der Waals surface area contributed by atoms with Gasteiger partial charge in [-0.15, -0.1) is 0 Å². The summed E-state index contributed by atoms with van der Waals surface area (Å²) in [6.45, 7) is 11.9. The zero-order chi connectivity index (χ0) is 24.1. The number of esters is 1. The Kier molecular flexibility index (Phi) is 6.10. The van der Waals surface area contributed by atoms with E-state index in [2.05, 4.69) is 18.7 Å². The Morgan fingerprint density at radius 3 is 2.58 bits per heavy atom. The van der Waals surface area contributed by atoms with Gasteiger partial charge in [0.1, 0.15) is 6.61 Å². The molecule has 180 valence electrons. The van der Waals surface area contributed by atoms with Crippen molar-refractivity contribution in [2.45, 2.75) is 103 Å². The minimum Gasteiger partial charge on any atom is -0.450 e. The van der Waals surface area contributed by atoms with Gasteiger partial charge in [-0.1, -0.05) is 30.7 Å². The van der Waals surface area contributed by atoms with Crippen molar-refractivity contribution in [3.63, 3.8) is 0 Å². The molecule has 4 rings (SSSR count). The van der Waals surface area contributed by atoms with E-state index >= 15 is 0 Å². The van der Waals surface area contributed by atoms with Crippen LogP contribution in [0, 0.1) is 29.2 Å². The van der Waals surface area contributed by atoms with Gasteiger partial charge in [0.2, 0.25) is 5.78 Å². The van der Waals surface area contributed by atoms with Crippen LogP contribution in [-0.2, 0) is 19.1 Å². The largest absolute Gasteiger partial charge is 0.450 e. The molecule has 1 N–H and O–H groups in total. The summed E-state index contributed by atoms with van der Waals surface area (Å²) in [7, 11) is 0. The van der Waals surface area contributed by atoms with Gasteiger partial charge in [0.05, 0.1) is 5.41 Å². The van der Waals surface area contributed by atoms with Crippen molar-refractivity contribution in [3.8, 4) is 6.57 Å². The van der Waals surface area contributed by atoms with Gasteiger partial charge in [0.15, 0.2) is 11.4 Å². The number of fused-ring (bicyclic) bond motifs is 5. The molecule has 0 spiro atoms. The molecule has 33 heavy (non-hydrogen) atoms. The molecule has 0 radical (unpaired) electrons. The maximum Gasteiger partial charge on any atom is 0.306 e. The van der Waals surface area contributed by atoms with Crippen LogP contribution < -0.4 is 0 Å². The van der Waals surface area contributed by atoms with Gasteiger partial charge in [-0.2, -0.15) is 0 Å². The molecule has 0 heterocycles. The van der Waals surface area contributed by atoms with E-state index in [1.165, 1.54) is 0 Å². The Bertz CT molecular complexity index is 933. The fraction of sp³-hybridized carbons (Fsp3) is 0.778. The molecule has 0 bridgehead atoms. The lowest BCUT2D eigenvalue weighted by Crippen LogP contribution is -2.65. The number of hydrogen-bond donors (Lipinski definition) is 1.